The van der Waals surface area contributed by atoms with Gasteiger partial charge in [-0.1, -0.05) is 6.07 Å². The fourth-order valence-corrected chi connectivity index (χ4v) is 1.43. The van der Waals surface area contributed by atoms with Gasteiger partial charge in [0.15, 0.2) is 11.5 Å². The first kappa shape index (κ1) is 9.08. The van der Waals surface area contributed by atoms with E-state index in [0.717, 1.165) is 6.39 Å². The third-order valence-corrected chi connectivity index (χ3v) is 2.02. The van der Waals surface area contributed by atoms with E-state index in [0.29, 0.717) is 0 Å². The van der Waals surface area contributed by atoms with Crippen LogP contribution in [0.15, 0.2) is 29.0 Å². The molecule has 2 aromatic rings. The number of ether oxygens (including phenoxy) is 2. The molecule has 0 atom stereocenters. The Morgan fingerprint density at radius 1 is 1.19 bits per heavy atom. The molecular formula is C9H4F2N2O3. The van der Waals surface area contributed by atoms with Gasteiger partial charge in [-0.05, 0) is 12.1 Å². The van der Waals surface area contributed by atoms with Crippen LogP contribution < -0.4 is 9.47 Å². The van der Waals surface area contributed by atoms with Crippen molar-refractivity contribution in [1.29, 1.82) is 0 Å². The smallest absolute Gasteiger partial charge is 0.423 e. The second-order valence-electron chi connectivity index (χ2n) is 3.04. The highest BCUT2D eigenvalue weighted by Gasteiger charge is 2.45. The SMILES string of the molecule is FC1(F)Oc2cccc(-c3nnco3)c2O1. The van der Waals surface area contributed by atoms with Crippen LogP contribution in [0.4, 0.5) is 8.78 Å². The fourth-order valence-electron chi connectivity index (χ4n) is 1.43. The number of hydrogen-bond acceptors (Lipinski definition) is 5. The largest absolute Gasteiger partial charge is 0.586 e. The van der Waals surface area contributed by atoms with Crippen LogP contribution in [-0.2, 0) is 0 Å². The van der Waals surface area contributed by atoms with E-state index in [2.05, 4.69) is 19.7 Å². The number of hydrogen-bond donors (Lipinski definition) is 0. The summed E-state index contributed by atoms with van der Waals surface area (Å²) in [6.07, 6.45) is -2.55. The monoisotopic (exact) mass is 226 g/mol. The highest BCUT2D eigenvalue weighted by Crippen LogP contribution is 2.46. The minimum absolute atomic E-state index is 0.0549. The molecule has 0 amide bonds. The summed E-state index contributed by atoms with van der Waals surface area (Å²) in [5.41, 5.74) is 0.271. The predicted octanol–water partition coefficient (Wildman–Crippen LogP) is 2.06. The van der Waals surface area contributed by atoms with Crippen molar-refractivity contribution in [2.75, 3.05) is 0 Å². The highest BCUT2D eigenvalue weighted by molar-refractivity contribution is 5.68. The van der Waals surface area contributed by atoms with Crippen molar-refractivity contribution in [2.45, 2.75) is 6.29 Å². The molecule has 1 aliphatic heterocycles. The fraction of sp³-hybridized carbons (Fsp3) is 0.111. The van der Waals surface area contributed by atoms with Gasteiger partial charge in [-0.15, -0.1) is 19.0 Å². The average Bonchev–Trinajstić information content (AvgIpc) is 2.80. The average molecular weight is 226 g/mol. The summed E-state index contributed by atoms with van der Waals surface area (Å²) in [7, 11) is 0. The van der Waals surface area contributed by atoms with E-state index >= 15 is 0 Å². The van der Waals surface area contributed by atoms with E-state index in [1.54, 1.807) is 0 Å². The molecule has 0 fully saturated rings. The maximum atomic E-state index is 12.8. The summed E-state index contributed by atoms with van der Waals surface area (Å²) < 4.78 is 39.3. The number of aromatic nitrogens is 2. The Bertz CT molecular complexity index is 528. The third-order valence-electron chi connectivity index (χ3n) is 2.02. The summed E-state index contributed by atoms with van der Waals surface area (Å²) in [4.78, 5) is 0. The third kappa shape index (κ3) is 1.28. The van der Waals surface area contributed by atoms with E-state index in [-0.39, 0.29) is 23.0 Å². The van der Waals surface area contributed by atoms with Crippen molar-refractivity contribution in [1.82, 2.24) is 10.2 Å². The van der Waals surface area contributed by atoms with Crippen molar-refractivity contribution < 1.29 is 22.7 Å². The molecule has 16 heavy (non-hydrogen) atoms. The summed E-state index contributed by atoms with van der Waals surface area (Å²) in [5.74, 6) is -0.0596. The topological polar surface area (TPSA) is 57.4 Å². The lowest BCUT2D eigenvalue weighted by Crippen LogP contribution is -2.26. The van der Waals surface area contributed by atoms with E-state index in [1.807, 2.05) is 0 Å². The lowest BCUT2D eigenvalue weighted by atomic mass is 10.2. The Morgan fingerprint density at radius 2 is 2.06 bits per heavy atom. The van der Waals surface area contributed by atoms with E-state index in [4.69, 9.17) is 4.42 Å². The molecule has 0 N–H and O–H groups in total. The zero-order valence-corrected chi connectivity index (χ0v) is 7.68. The second-order valence-corrected chi connectivity index (χ2v) is 3.04. The van der Waals surface area contributed by atoms with Gasteiger partial charge in [-0.2, -0.15) is 0 Å². The standard InChI is InChI=1S/C9H4F2N2O3/c10-9(11)15-6-3-1-2-5(7(6)16-9)8-13-12-4-14-8/h1-4H. The van der Waals surface area contributed by atoms with Crippen LogP contribution in [0.2, 0.25) is 0 Å². The van der Waals surface area contributed by atoms with Crippen LogP contribution in [0.5, 0.6) is 11.5 Å². The van der Waals surface area contributed by atoms with Gasteiger partial charge in [0.05, 0.1) is 5.56 Å². The van der Waals surface area contributed by atoms with Crippen LogP contribution in [0.3, 0.4) is 0 Å². The van der Waals surface area contributed by atoms with Gasteiger partial charge < -0.3 is 13.9 Å². The molecule has 0 radical (unpaired) electrons. The molecule has 3 rings (SSSR count). The molecule has 1 aromatic heterocycles. The zero-order chi connectivity index (χ0) is 11.2. The lowest BCUT2D eigenvalue weighted by molar-refractivity contribution is -0.286. The summed E-state index contributed by atoms with van der Waals surface area (Å²) in [6.45, 7) is 0. The minimum atomic E-state index is -3.65. The Morgan fingerprint density at radius 3 is 2.81 bits per heavy atom. The highest BCUT2D eigenvalue weighted by atomic mass is 19.3. The Labute approximate surface area is 87.6 Å². The summed E-state index contributed by atoms with van der Waals surface area (Å²) in [5, 5.41) is 7.07. The van der Waals surface area contributed by atoms with Crippen molar-refractivity contribution >= 4 is 0 Å². The molecule has 0 saturated carbocycles. The molecule has 7 heteroatoms. The van der Waals surface area contributed by atoms with Crippen LogP contribution in [0, 0.1) is 0 Å². The van der Waals surface area contributed by atoms with Crippen molar-refractivity contribution in [2.24, 2.45) is 0 Å². The maximum Gasteiger partial charge on any atom is 0.586 e. The van der Waals surface area contributed by atoms with Crippen molar-refractivity contribution in [3.63, 3.8) is 0 Å². The van der Waals surface area contributed by atoms with Gasteiger partial charge in [0, 0.05) is 0 Å². The first-order chi connectivity index (χ1) is 7.66. The Kier molecular flexibility index (Phi) is 1.65. The zero-order valence-electron chi connectivity index (χ0n) is 7.68. The lowest BCUT2D eigenvalue weighted by Gasteiger charge is -2.05. The number of fused-ring (bicyclic) bond motifs is 1. The molecule has 0 spiro atoms. The number of halogens is 2. The number of rotatable bonds is 1. The van der Waals surface area contributed by atoms with E-state index in [1.165, 1.54) is 18.2 Å². The predicted molar refractivity (Wildman–Crippen MR) is 45.9 cm³/mol. The first-order valence-corrected chi connectivity index (χ1v) is 4.31. The van der Waals surface area contributed by atoms with Gasteiger partial charge in [0.2, 0.25) is 6.39 Å². The van der Waals surface area contributed by atoms with Gasteiger partial charge in [0.1, 0.15) is 0 Å². The van der Waals surface area contributed by atoms with Crippen LogP contribution in [0.25, 0.3) is 11.5 Å². The normalized spacial score (nSPS) is 16.4. The minimum Gasteiger partial charge on any atom is -0.423 e. The van der Waals surface area contributed by atoms with Crippen LogP contribution >= 0.6 is 0 Å². The van der Waals surface area contributed by atoms with Crippen LogP contribution in [-0.4, -0.2) is 16.5 Å². The molecule has 0 unspecified atom stereocenters. The van der Waals surface area contributed by atoms with Crippen molar-refractivity contribution in [3.8, 4) is 23.0 Å². The molecule has 1 aromatic carbocycles. The van der Waals surface area contributed by atoms with Gasteiger partial charge in [-0.25, -0.2) is 0 Å². The Hall–Kier alpha value is -2.18. The summed E-state index contributed by atoms with van der Waals surface area (Å²) in [6, 6.07) is 4.43. The molecule has 5 nitrogen and oxygen atoms in total. The molecule has 0 saturated heterocycles. The second kappa shape index (κ2) is 2.91. The number of benzene rings is 1. The van der Waals surface area contributed by atoms with E-state index in [9.17, 15) is 8.78 Å². The molecule has 1 aliphatic rings. The Balaban J connectivity index is 2.14. The number of para-hydroxylation sites is 1. The maximum absolute atomic E-state index is 12.8. The molecule has 82 valence electrons. The number of alkyl halides is 2. The molecule has 2 heterocycles. The quantitative estimate of drug-likeness (QED) is 0.744. The first-order valence-electron chi connectivity index (χ1n) is 4.31. The summed E-state index contributed by atoms with van der Waals surface area (Å²) >= 11 is 0. The van der Waals surface area contributed by atoms with E-state index < -0.39 is 6.29 Å². The van der Waals surface area contributed by atoms with Gasteiger partial charge >= 0.3 is 6.29 Å². The van der Waals surface area contributed by atoms with Gasteiger partial charge in [0.25, 0.3) is 5.89 Å². The molecular weight excluding hydrogens is 222 g/mol. The molecule has 0 bridgehead atoms. The van der Waals surface area contributed by atoms with Crippen molar-refractivity contribution in [3.05, 3.63) is 24.6 Å². The molecule has 0 aliphatic carbocycles. The van der Waals surface area contributed by atoms with Gasteiger partial charge in [-0.3, -0.25) is 0 Å². The number of nitrogens with zero attached hydrogens (tertiary/aromatic N) is 2. The van der Waals surface area contributed by atoms with Crippen LogP contribution in [0.1, 0.15) is 0 Å².